The first-order valence-electron chi connectivity index (χ1n) is 6.57. The van der Waals surface area contributed by atoms with E-state index < -0.39 is 12.0 Å². The highest BCUT2D eigenvalue weighted by atomic mass is 32.1. The van der Waals surface area contributed by atoms with Gasteiger partial charge in [-0.3, -0.25) is 4.79 Å². The number of nitrogens with zero attached hydrogens (tertiary/aromatic N) is 1. The number of nitrogens with two attached hydrogens (primary N) is 1. The molecule has 0 radical (unpaired) electrons. The number of thiazole rings is 1. The largest absolute Gasteiger partial charge is 0.480 e. The maximum absolute atomic E-state index is 11.8. The van der Waals surface area contributed by atoms with Gasteiger partial charge in [-0.2, -0.15) is 0 Å². The van der Waals surface area contributed by atoms with Gasteiger partial charge in [0.2, 0.25) is 5.91 Å². The fourth-order valence-corrected chi connectivity index (χ4v) is 2.58. The minimum Gasteiger partial charge on any atom is -0.480 e. The molecule has 0 spiro atoms. The number of aliphatic carboxylic acids is 1. The molecule has 1 amide bonds. The van der Waals surface area contributed by atoms with Crippen LogP contribution in [-0.2, 0) is 16.0 Å². The smallest absolute Gasteiger partial charge is 0.326 e. The van der Waals surface area contributed by atoms with Gasteiger partial charge in [0.15, 0.2) is 0 Å². The van der Waals surface area contributed by atoms with E-state index in [4.69, 9.17) is 10.8 Å². The maximum atomic E-state index is 11.8. The molecule has 0 saturated carbocycles. The number of carboxylic acids is 1. The van der Waals surface area contributed by atoms with Crippen LogP contribution in [0.25, 0.3) is 0 Å². The van der Waals surface area contributed by atoms with E-state index in [0.29, 0.717) is 12.1 Å². The average Bonchev–Trinajstić information content (AvgIpc) is 2.82. The second-order valence-corrected chi connectivity index (χ2v) is 5.88. The standard InChI is InChI=1S/C13H21N3O3S/c1-4-9(13(18)19)16-10(17)5-8-6-20-12(15-8)11(14)7(2)3/h6-7,9,11H,4-5,14H2,1-3H3,(H,16,17)(H,18,19). The van der Waals surface area contributed by atoms with Crippen molar-refractivity contribution in [2.24, 2.45) is 11.7 Å². The van der Waals surface area contributed by atoms with Crippen LogP contribution in [-0.4, -0.2) is 28.0 Å². The number of amides is 1. The first-order valence-corrected chi connectivity index (χ1v) is 7.45. The van der Waals surface area contributed by atoms with Crippen molar-refractivity contribution in [2.45, 2.75) is 45.7 Å². The molecule has 6 nitrogen and oxygen atoms in total. The molecule has 0 saturated heterocycles. The van der Waals surface area contributed by atoms with Gasteiger partial charge in [-0.15, -0.1) is 11.3 Å². The zero-order chi connectivity index (χ0) is 15.3. The summed E-state index contributed by atoms with van der Waals surface area (Å²) in [6.07, 6.45) is 0.423. The van der Waals surface area contributed by atoms with E-state index in [-0.39, 0.29) is 24.3 Å². The Balaban J connectivity index is 2.61. The Morgan fingerprint density at radius 3 is 2.65 bits per heavy atom. The number of carbonyl (C=O) groups is 2. The molecule has 4 N–H and O–H groups in total. The fraction of sp³-hybridized carbons (Fsp3) is 0.615. The molecule has 1 aromatic rings. The third kappa shape index (κ3) is 4.57. The molecule has 112 valence electrons. The van der Waals surface area contributed by atoms with Gasteiger partial charge in [-0.1, -0.05) is 20.8 Å². The van der Waals surface area contributed by atoms with Crippen LogP contribution in [0.1, 0.15) is 43.9 Å². The van der Waals surface area contributed by atoms with E-state index in [1.165, 1.54) is 11.3 Å². The van der Waals surface area contributed by atoms with Gasteiger partial charge >= 0.3 is 5.97 Å². The molecule has 0 aliphatic carbocycles. The Labute approximate surface area is 122 Å². The highest BCUT2D eigenvalue weighted by Crippen LogP contribution is 2.22. The summed E-state index contributed by atoms with van der Waals surface area (Å²) >= 11 is 1.43. The molecule has 1 aromatic heterocycles. The SMILES string of the molecule is CCC(NC(=O)Cc1csc(C(N)C(C)C)n1)C(=O)O. The molecule has 2 atom stereocenters. The van der Waals surface area contributed by atoms with Gasteiger partial charge in [0.1, 0.15) is 11.0 Å². The summed E-state index contributed by atoms with van der Waals surface area (Å²) in [5.74, 6) is -1.09. The number of carbonyl (C=O) groups excluding carboxylic acids is 1. The van der Waals surface area contributed by atoms with Gasteiger partial charge in [-0.25, -0.2) is 9.78 Å². The lowest BCUT2D eigenvalue weighted by molar-refractivity contribution is -0.141. The quantitative estimate of drug-likeness (QED) is 0.704. The van der Waals surface area contributed by atoms with Gasteiger partial charge in [-0.05, 0) is 12.3 Å². The van der Waals surface area contributed by atoms with Crippen molar-refractivity contribution in [3.05, 3.63) is 16.1 Å². The number of aromatic nitrogens is 1. The van der Waals surface area contributed by atoms with E-state index >= 15 is 0 Å². The summed E-state index contributed by atoms with van der Waals surface area (Å²) in [5.41, 5.74) is 6.62. The molecule has 1 rings (SSSR count). The molecule has 0 aliphatic heterocycles. The van der Waals surface area contributed by atoms with Crippen LogP contribution in [0.15, 0.2) is 5.38 Å². The summed E-state index contributed by atoms with van der Waals surface area (Å²) < 4.78 is 0. The zero-order valence-electron chi connectivity index (χ0n) is 11.9. The number of nitrogens with one attached hydrogen (secondary N) is 1. The van der Waals surface area contributed by atoms with Crippen LogP contribution in [0.5, 0.6) is 0 Å². The van der Waals surface area contributed by atoms with Crippen molar-refractivity contribution >= 4 is 23.2 Å². The summed E-state index contributed by atoms with van der Waals surface area (Å²) in [6.45, 7) is 5.73. The minimum absolute atomic E-state index is 0.0745. The predicted molar refractivity (Wildman–Crippen MR) is 77.4 cm³/mol. The molecule has 0 fully saturated rings. The molecule has 0 bridgehead atoms. The maximum Gasteiger partial charge on any atom is 0.326 e. The van der Waals surface area contributed by atoms with Crippen LogP contribution in [0.3, 0.4) is 0 Å². The van der Waals surface area contributed by atoms with E-state index in [9.17, 15) is 9.59 Å². The van der Waals surface area contributed by atoms with E-state index in [1.807, 2.05) is 13.8 Å². The lowest BCUT2D eigenvalue weighted by Gasteiger charge is -2.12. The topological polar surface area (TPSA) is 105 Å². The Morgan fingerprint density at radius 1 is 1.50 bits per heavy atom. The summed E-state index contributed by atoms with van der Waals surface area (Å²) in [6, 6.07) is -0.988. The van der Waals surface area contributed by atoms with Gasteiger partial charge in [0, 0.05) is 5.38 Å². The number of hydrogen-bond donors (Lipinski definition) is 3. The molecule has 0 aliphatic rings. The van der Waals surface area contributed by atoms with E-state index in [2.05, 4.69) is 10.3 Å². The van der Waals surface area contributed by atoms with Crippen LogP contribution in [0.2, 0.25) is 0 Å². The lowest BCUT2D eigenvalue weighted by atomic mass is 10.1. The summed E-state index contributed by atoms with van der Waals surface area (Å²) in [4.78, 5) is 26.9. The Hall–Kier alpha value is -1.47. The Kier molecular flexibility index (Phi) is 6.09. The predicted octanol–water partition coefficient (Wildman–Crippen LogP) is 1.32. The Morgan fingerprint density at radius 2 is 2.15 bits per heavy atom. The van der Waals surface area contributed by atoms with Crippen LogP contribution >= 0.6 is 11.3 Å². The lowest BCUT2D eigenvalue weighted by Crippen LogP contribution is -2.41. The van der Waals surface area contributed by atoms with Crippen molar-refractivity contribution in [1.82, 2.24) is 10.3 Å². The summed E-state index contributed by atoms with van der Waals surface area (Å²) in [5, 5.41) is 13.9. The molecule has 0 aromatic carbocycles. The molecular formula is C13H21N3O3S. The van der Waals surface area contributed by atoms with Crippen molar-refractivity contribution < 1.29 is 14.7 Å². The third-order valence-electron chi connectivity index (χ3n) is 2.96. The first-order chi connectivity index (χ1) is 9.35. The normalized spacial score (nSPS) is 14.1. The first kappa shape index (κ1) is 16.6. The minimum atomic E-state index is -1.03. The highest BCUT2D eigenvalue weighted by molar-refractivity contribution is 7.09. The molecule has 20 heavy (non-hydrogen) atoms. The monoisotopic (exact) mass is 299 g/mol. The summed E-state index contributed by atoms with van der Waals surface area (Å²) in [7, 11) is 0. The van der Waals surface area contributed by atoms with Crippen LogP contribution in [0, 0.1) is 5.92 Å². The van der Waals surface area contributed by atoms with Gasteiger partial charge < -0.3 is 16.2 Å². The zero-order valence-corrected chi connectivity index (χ0v) is 12.7. The highest BCUT2D eigenvalue weighted by Gasteiger charge is 2.19. The third-order valence-corrected chi connectivity index (χ3v) is 3.95. The fourth-order valence-electron chi connectivity index (χ4n) is 1.59. The number of rotatable bonds is 7. The molecule has 1 heterocycles. The number of carboxylic acid groups (broad SMARTS) is 1. The van der Waals surface area contributed by atoms with Crippen molar-refractivity contribution in [1.29, 1.82) is 0 Å². The Bertz CT molecular complexity index is 473. The van der Waals surface area contributed by atoms with E-state index in [1.54, 1.807) is 12.3 Å². The van der Waals surface area contributed by atoms with Crippen molar-refractivity contribution in [3.8, 4) is 0 Å². The second-order valence-electron chi connectivity index (χ2n) is 4.99. The van der Waals surface area contributed by atoms with Gasteiger partial charge in [0.05, 0.1) is 18.2 Å². The number of hydrogen-bond acceptors (Lipinski definition) is 5. The van der Waals surface area contributed by atoms with Crippen molar-refractivity contribution in [2.75, 3.05) is 0 Å². The second kappa shape index (κ2) is 7.35. The van der Waals surface area contributed by atoms with E-state index in [0.717, 1.165) is 5.01 Å². The van der Waals surface area contributed by atoms with Crippen LogP contribution in [0.4, 0.5) is 0 Å². The molecular weight excluding hydrogens is 278 g/mol. The van der Waals surface area contributed by atoms with Gasteiger partial charge in [0.25, 0.3) is 0 Å². The van der Waals surface area contributed by atoms with Crippen LogP contribution < -0.4 is 11.1 Å². The van der Waals surface area contributed by atoms with Crippen molar-refractivity contribution in [3.63, 3.8) is 0 Å². The average molecular weight is 299 g/mol. The molecule has 7 heteroatoms. The molecule has 2 unspecified atom stereocenters.